The van der Waals surface area contributed by atoms with E-state index in [-0.39, 0.29) is 29.5 Å². The lowest BCUT2D eigenvalue weighted by Crippen LogP contribution is -2.54. The molecule has 0 spiro atoms. The second kappa shape index (κ2) is 10.0. The Kier molecular flexibility index (Phi) is 8.27. The predicted octanol–water partition coefficient (Wildman–Crippen LogP) is 3.88. The van der Waals surface area contributed by atoms with Crippen LogP contribution < -0.4 is 10.6 Å². The summed E-state index contributed by atoms with van der Waals surface area (Å²) >= 11 is 1.74. The third-order valence-electron chi connectivity index (χ3n) is 5.31. The minimum atomic E-state index is 0. The fraction of sp³-hybridized carbons (Fsp3) is 0.524. The molecule has 1 aromatic carbocycles. The lowest BCUT2D eigenvalue weighted by Gasteiger charge is -2.42. The van der Waals surface area contributed by atoms with E-state index in [0.717, 1.165) is 49.3 Å². The number of nitrogens with one attached hydrogen (secondary N) is 2. The highest BCUT2D eigenvalue weighted by Gasteiger charge is 2.29. The van der Waals surface area contributed by atoms with Crippen LogP contribution in [0.25, 0.3) is 0 Å². The minimum Gasteiger partial charge on any atom is -0.355 e. The van der Waals surface area contributed by atoms with Crippen LogP contribution in [0.5, 0.6) is 0 Å². The maximum Gasteiger partial charge on any atom is 0.191 e. The third kappa shape index (κ3) is 5.67. The number of guanidine groups is 1. The molecule has 0 saturated heterocycles. The van der Waals surface area contributed by atoms with Crippen molar-refractivity contribution in [3.8, 4) is 0 Å². The van der Waals surface area contributed by atoms with Gasteiger partial charge in [0.15, 0.2) is 5.96 Å². The zero-order valence-corrected chi connectivity index (χ0v) is 20.6. The van der Waals surface area contributed by atoms with Crippen LogP contribution in [-0.4, -0.2) is 41.5 Å². The first-order valence-corrected chi connectivity index (χ1v) is 10.4. The van der Waals surface area contributed by atoms with E-state index in [2.05, 4.69) is 70.5 Å². The first-order chi connectivity index (χ1) is 12.9. The summed E-state index contributed by atoms with van der Waals surface area (Å²) in [6, 6.07) is 8.79. The zero-order valence-electron chi connectivity index (χ0n) is 17.5. The van der Waals surface area contributed by atoms with E-state index < -0.39 is 0 Å². The molecule has 28 heavy (non-hydrogen) atoms. The average molecular weight is 513 g/mol. The Labute approximate surface area is 190 Å². The molecule has 1 aliphatic heterocycles. The second-order valence-electron chi connectivity index (χ2n) is 7.77. The number of aryl methyl sites for hydroxylation is 2. The summed E-state index contributed by atoms with van der Waals surface area (Å²) in [5.41, 5.74) is 4.09. The molecule has 7 heteroatoms. The van der Waals surface area contributed by atoms with Gasteiger partial charge in [0, 0.05) is 37.1 Å². The monoisotopic (exact) mass is 513 g/mol. The fourth-order valence-corrected chi connectivity index (χ4v) is 4.42. The van der Waals surface area contributed by atoms with E-state index >= 15 is 0 Å². The van der Waals surface area contributed by atoms with Crippen molar-refractivity contribution in [2.45, 2.75) is 52.7 Å². The number of nitrogens with zero attached hydrogens (tertiary/aromatic N) is 3. The number of hydrogen-bond donors (Lipinski definition) is 2. The first-order valence-electron chi connectivity index (χ1n) is 9.58. The molecular weight excluding hydrogens is 481 g/mol. The topological polar surface area (TPSA) is 52.6 Å². The number of benzene rings is 1. The normalized spacial score (nSPS) is 15.0. The third-order valence-corrected chi connectivity index (χ3v) is 6.39. The van der Waals surface area contributed by atoms with E-state index in [9.17, 15) is 0 Å². The van der Waals surface area contributed by atoms with Crippen molar-refractivity contribution in [2.75, 3.05) is 20.1 Å². The number of aromatic nitrogens is 1. The fourth-order valence-electron chi connectivity index (χ4n) is 3.55. The highest BCUT2D eigenvalue weighted by atomic mass is 127. The van der Waals surface area contributed by atoms with Crippen LogP contribution in [0.15, 0.2) is 29.3 Å². The predicted molar refractivity (Wildman–Crippen MR) is 130 cm³/mol. The van der Waals surface area contributed by atoms with Crippen molar-refractivity contribution in [1.29, 1.82) is 0 Å². The number of thiazole rings is 1. The molecule has 2 heterocycles. The Bertz CT molecular complexity index is 815. The highest BCUT2D eigenvalue weighted by Crippen LogP contribution is 2.25. The highest BCUT2D eigenvalue weighted by molar-refractivity contribution is 14.0. The van der Waals surface area contributed by atoms with Gasteiger partial charge in [-0.25, -0.2) is 4.98 Å². The van der Waals surface area contributed by atoms with Crippen molar-refractivity contribution >= 4 is 41.3 Å². The van der Waals surface area contributed by atoms with Crippen LogP contribution in [0.2, 0.25) is 0 Å². The maximum atomic E-state index is 4.49. The van der Waals surface area contributed by atoms with Gasteiger partial charge in [0.2, 0.25) is 0 Å². The summed E-state index contributed by atoms with van der Waals surface area (Å²) in [5.74, 6) is 0.839. The van der Waals surface area contributed by atoms with Crippen LogP contribution >= 0.6 is 35.3 Å². The van der Waals surface area contributed by atoms with Crippen LogP contribution in [0.1, 0.15) is 40.6 Å². The van der Waals surface area contributed by atoms with Crippen LogP contribution in [0, 0.1) is 13.8 Å². The van der Waals surface area contributed by atoms with Crippen molar-refractivity contribution < 1.29 is 0 Å². The van der Waals surface area contributed by atoms with E-state index in [1.807, 2.05) is 14.0 Å². The molecule has 0 unspecified atom stereocenters. The molecule has 0 bridgehead atoms. The van der Waals surface area contributed by atoms with Gasteiger partial charge >= 0.3 is 0 Å². The molecule has 1 aromatic heterocycles. The van der Waals surface area contributed by atoms with Crippen molar-refractivity contribution in [3.63, 3.8) is 0 Å². The van der Waals surface area contributed by atoms with Gasteiger partial charge in [-0.2, -0.15) is 0 Å². The van der Waals surface area contributed by atoms with Gasteiger partial charge in [-0.1, -0.05) is 24.3 Å². The lowest BCUT2D eigenvalue weighted by molar-refractivity contribution is 0.107. The van der Waals surface area contributed by atoms with Gasteiger partial charge in [-0.3, -0.25) is 9.89 Å². The van der Waals surface area contributed by atoms with E-state index in [4.69, 9.17) is 0 Å². The number of halogens is 1. The van der Waals surface area contributed by atoms with Crippen LogP contribution in [-0.2, 0) is 19.5 Å². The molecule has 154 valence electrons. The summed E-state index contributed by atoms with van der Waals surface area (Å²) in [5, 5.41) is 8.04. The Morgan fingerprint density at radius 1 is 1.21 bits per heavy atom. The molecule has 5 nitrogen and oxygen atoms in total. The molecule has 0 saturated carbocycles. The molecule has 0 atom stereocenters. The van der Waals surface area contributed by atoms with Gasteiger partial charge in [0.05, 0.1) is 17.2 Å². The molecule has 0 fully saturated rings. The smallest absolute Gasteiger partial charge is 0.191 e. The average Bonchev–Trinajstić information content (AvgIpc) is 2.98. The van der Waals surface area contributed by atoms with Crippen LogP contribution in [0.3, 0.4) is 0 Å². The Morgan fingerprint density at radius 2 is 1.93 bits per heavy atom. The van der Waals surface area contributed by atoms with Gasteiger partial charge in [-0.15, -0.1) is 35.3 Å². The molecule has 1 aliphatic rings. The summed E-state index contributed by atoms with van der Waals surface area (Å²) in [7, 11) is 1.82. The quantitative estimate of drug-likeness (QED) is 0.362. The summed E-state index contributed by atoms with van der Waals surface area (Å²) in [4.78, 5) is 12.7. The van der Waals surface area contributed by atoms with Crippen LogP contribution in [0.4, 0.5) is 0 Å². The van der Waals surface area contributed by atoms with Crippen molar-refractivity contribution in [3.05, 3.63) is 51.0 Å². The largest absolute Gasteiger partial charge is 0.355 e. The van der Waals surface area contributed by atoms with Gasteiger partial charge in [-0.05, 0) is 45.2 Å². The van der Waals surface area contributed by atoms with E-state index in [1.165, 1.54) is 16.0 Å². The van der Waals surface area contributed by atoms with Crippen molar-refractivity contribution in [2.24, 2.45) is 4.99 Å². The number of fused-ring (bicyclic) bond motifs is 1. The molecule has 0 radical (unpaired) electrons. The number of rotatable bonds is 5. The van der Waals surface area contributed by atoms with Gasteiger partial charge in [0.1, 0.15) is 0 Å². The van der Waals surface area contributed by atoms with Gasteiger partial charge < -0.3 is 10.6 Å². The second-order valence-corrected chi connectivity index (χ2v) is 9.06. The summed E-state index contributed by atoms with van der Waals surface area (Å²) in [6.45, 7) is 12.4. The Morgan fingerprint density at radius 3 is 2.57 bits per heavy atom. The summed E-state index contributed by atoms with van der Waals surface area (Å²) in [6.07, 6.45) is 1.12. The lowest BCUT2D eigenvalue weighted by atomic mass is 9.94. The first kappa shape index (κ1) is 23.1. The number of aliphatic imine (C=N–C) groups is 1. The zero-order chi connectivity index (χ0) is 19.4. The molecule has 2 aromatic rings. The van der Waals surface area contributed by atoms with Crippen molar-refractivity contribution in [1.82, 2.24) is 20.5 Å². The SMILES string of the molecule is CN=C(NCc1sc(C)nc1C)NCC(C)(C)N1CCc2ccccc2C1.I. The molecule has 0 aliphatic carbocycles. The van der Waals surface area contributed by atoms with E-state index in [1.54, 1.807) is 11.3 Å². The molecule has 2 N–H and O–H groups in total. The minimum absolute atomic E-state index is 0. The molecule has 3 rings (SSSR count). The Hall–Kier alpha value is -1.19. The number of hydrogen-bond acceptors (Lipinski definition) is 4. The maximum absolute atomic E-state index is 4.49. The standard InChI is InChI=1S/C21H31N5S.HI/c1-15-19(27-16(2)25-15)12-23-20(22-5)24-14-21(3,4)26-11-10-17-8-6-7-9-18(17)13-26;/h6-9H,10-14H2,1-5H3,(H2,22,23,24);1H. The molecule has 0 amide bonds. The summed E-state index contributed by atoms with van der Waals surface area (Å²) < 4.78 is 0. The Balaban J connectivity index is 0.00000280. The van der Waals surface area contributed by atoms with Gasteiger partial charge in [0.25, 0.3) is 0 Å². The molecular formula is C21H32IN5S. The van der Waals surface area contributed by atoms with E-state index in [0.29, 0.717) is 0 Å².